The van der Waals surface area contributed by atoms with E-state index in [-0.39, 0.29) is 28.4 Å². The number of anilines is 1. The average Bonchev–Trinajstić information content (AvgIpc) is 2.77. The highest BCUT2D eigenvalue weighted by Gasteiger charge is 2.20. The molecule has 0 aliphatic rings. The molecule has 1 N–H and O–H groups in total. The van der Waals surface area contributed by atoms with Crippen molar-refractivity contribution in [2.24, 2.45) is 0 Å². The maximum atomic E-state index is 13.6. The number of aromatic nitrogens is 2. The number of hydrogen-bond acceptors (Lipinski definition) is 4. The zero-order valence-electron chi connectivity index (χ0n) is 16.9. The van der Waals surface area contributed by atoms with Crippen molar-refractivity contribution in [2.75, 3.05) is 11.4 Å². The zero-order valence-corrected chi connectivity index (χ0v) is 17.6. The van der Waals surface area contributed by atoms with Gasteiger partial charge in [0.25, 0.3) is 12.3 Å². The summed E-state index contributed by atoms with van der Waals surface area (Å²) in [5.41, 5.74) is 1.74. The molecule has 0 spiro atoms. The fourth-order valence-corrected chi connectivity index (χ4v) is 3.23. The fourth-order valence-electron chi connectivity index (χ4n) is 2.95. The first-order chi connectivity index (χ1) is 15.3. The summed E-state index contributed by atoms with van der Waals surface area (Å²) in [6.45, 7) is 0.392. The van der Waals surface area contributed by atoms with Crippen LogP contribution in [0.15, 0.2) is 54.9 Å². The zero-order chi connectivity index (χ0) is 23.3. The molecule has 2 aromatic heterocycles. The number of hydrogen-bond donors (Lipinski definition) is 1. The van der Waals surface area contributed by atoms with Crippen molar-refractivity contribution in [3.63, 3.8) is 0 Å². The lowest BCUT2D eigenvalue weighted by molar-refractivity contribution is -0.117. The maximum Gasteiger partial charge on any atom is 0.256 e. The topological polar surface area (TPSA) is 75.2 Å². The Kier molecular flexibility index (Phi) is 7.42. The van der Waals surface area contributed by atoms with E-state index in [0.29, 0.717) is 11.3 Å². The van der Waals surface area contributed by atoms with Crippen molar-refractivity contribution in [1.82, 2.24) is 15.3 Å². The molecule has 2 heterocycles. The van der Waals surface area contributed by atoms with Crippen molar-refractivity contribution in [2.45, 2.75) is 19.9 Å². The monoisotopic (exact) mass is 462 g/mol. The quantitative estimate of drug-likeness (QED) is 0.525. The predicted molar refractivity (Wildman–Crippen MR) is 114 cm³/mol. The van der Waals surface area contributed by atoms with Crippen LogP contribution in [-0.4, -0.2) is 34.8 Å². The van der Waals surface area contributed by atoms with Gasteiger partial charge in [0.15, 0.2) is 0 Å². The Morgan fingerprint density at radius 3 is 2.53 bits per heavy atom. The summed E-state index contributed by atoms with van der Waals surface area (Å²) in [6, 6.07) is 10.8. The van der Waals surface area contributed by atoms with Crippen LogP contribution in [0, 0.1) is 5.95 Å². The standard InChI is InChI=1S/C22H18ClF3N4O2/c1-13(31)30(12-20(24)25)19-7-5-14(9-17(19)23)18-6-4-16(11-28-18)22(32)29-10-15-3-2-8-27-21(15)26/h2-9,11,20H,10,12H2,1H3,(H,29,32). The van der Waals surface area contributed by atoms with Crippen molar-refractivity contribution in [3.05, 3.63) is 77.0 Å². The number of carbonyl (C=O) groups is 2. The third-order valence-electron chi connectivity index (χ3n) is 4.54. The number of nitrogens with zero attached hydrogens (tertiary/aromatic N) is 3. The molecule has 3 aromatic rings. The van der Waals surface area contributed by atoms with Crippen molar-refractivity contribution < 1.29 is 22.8 Å². The summed E-state index contributed by atoms with van der Waals surface area (Å²) in [4.78, 5) is 32.7. The second-order valence-corrected chi connectivity index (χ2v) is 7.16. The van der Waals surface area contributed by atoms with Gasteiger partial charge in [-0.1, -0.05) is 23.7 Å². The molecule has 6 nitrogen and oxygen atoms in total. The van der Waals surface area contributed by atoms with Crippen LogP contribution in [0.2, 0.25) is 5.02 Å². The third kappa shape index (κ3) is 5.61. The average molecular weight is 463 g/mol. The van der Waals surface area contributed by atoms with Crippen molar-refractivity contribution in [3.8, 4) is 11.3 Å². The van der Waals surface area contributed by atoms with Gasteiger partial charge in [0.2, 0.25) is 11.9 Å². The van der Waals surface area contributed by atoms with Gasteiger partial charge in [0.1, 0.15) is 0 Å². The minimum absolute atomic E-state index is 0.0252. The van der Waals surface area contributed by atoms with E-state index in [2.05, 4.69) is 15.3 Å². The molecule has 3 rings (SSSR count). The molecule has 166 valence electrons. The lowest BCUT2D eigenvalue weighted by Crippen LogP contribution is -2.33. The number of amides is 2. The molecule has 0 bridgehead atoms. The van der Waals surface area contributed by atoms with Gasteiger partial charge in [-0.3, -0.25) is 14.6 Å². The summed E-state index contributed by atoms with van der Waals surface area (Å²) < 4.78 is 39.1. The molecular formula is C22H18ClF3N4O2. The van der Waals surface area contributed by atoms with E-state index in [4.69, 9.17) is 11.6 Å². The van der Waals surface area contributed by atoms with Crippen molar-refractivity contribution in [1.29, 1.82) is 0 Å². The summed E-state index contributed by atoms with van der Waals surface area (Å²) in [7, 11) is 0. The molecule has 32 heavy (non-hydrogen) atoms. The minimum Gasteiger partial charge on any atom is -0.348 e. The Hall–Kier alpha value is -3.46. The Morgan fingerprint density at radius 1 is 1.16 bits per heavy atom. The second kappa shape index (κ2) is 10.2. The first kappa shape index (κ1) is 23.2. The molecule has 0 unspecified atom stereocenters. The molecule has 10 heteroatoms. The number of rotatable bonds is 7. The molecule has 0 aliphatic carbocycles. The summed E-state index contributed by atoms with van der Waals surface area (Å²) in [5.74, 6) is -1.65. The lowest BCUT2D eigenvalue weighted by Gasteiger charge is -2.22. The SMILES string of the molecule is CC(=O)N(CC(F)F)c1ccc(-c2ccc(C(=O)NCc3cccnc3F)cn2)cc1Cl. The van der Waals surface area contributed by atoms with E-state index in [9.17, 15) is 22.8 Å². The number of halogens is 4. The van der Waals surface area contributed by atoms with Crippen molar-refractivity contribution >= 4 is 29.1 Å². The van der Waals surface area contributed by atoms with Crippen LogP contribution in [0.1, 0.15) is 22.8 Å². The van der Waals surface area contributed by atoms with Crippen LogP contribution in [0.4, 0.5) is 18.9 Å². The summed E-state index contributed by atoms with van der Waals surface area (Å²) in [6.07, 6.45) is -0.0341. The van der Waals surface area contributed by atoms with Gasteiger partial charge >= 0.3 is 0 Å². The van der Waals surface area contributed by atoms with Crippen LogP contribution >= 0.6 is 11.6 Å². The van der Waals surface area contributed by atoms with Crippen LogP contribution < -0.4 is 10.2 Å². The van der Waals surface area contributed by atoms with Gasteiger partial charge in [-0.15, -0.1) is 0 Å². The van der Waals surface area contributed by atoms with Gasteiger partial charge < -0.3 is 10.2 Å². The fraction of sp³-hybridized carbons (Fsp3) is 0.182. The van der Waals surface area contributed by atoms with E-state index in [0.717, 1.165) is 4.90 Å². The third-order valence-corrected chi connectivity index (χ3v) is 4.84. The highest BCUT2D eigenvalue weighted by Crippen LogP contribution is 2.31. The Labute approximate surface area is 187 Å². The molecule has 1 aromatic carbocycles. The highest BCUT2D eigenvalue weighted by molar-refractivity contribution is 6.34. The van der Waals surface area contributed by atoms with E-state index < -0.39 is 30.7 Å². The molecule has 0 aliphatic heterocycles. The molecule has 0 saturated carbocycles. The summed E-state index contributed by atoms with van der Waals surface area (Å²) in [5, 5.41) is 2.70. The normalized spacial score (nSPS) is 10.8. The Bertz CT molecular complexity index is 1130. The summed E-state index contributed by atoms with van der Waals surface area (Å²) >= 11 is 6.23. The van der Waals surface area contributed by atoms with E-state index in [1.807, 2.05) is 0 Å². The van der Waals surface area contributed by atoms with E-state index >= 15 is 0 Å². The van der Waals surface area contributed by atoms with Gasteiger partial charge in [-0.25, -0.2) is 13.8 Å². The minimum atomic E-state index is -2.70. The molecule has 0 radical (unpaired) electrons. The smallest absolute Gasteiger partial charge is 0.256 e. The maximum absolute atomic E-state index is 13.6. The molecular weight excluding hydrogens is 445 g/mol. The highest BCUT2D eigenvalue weighted by atomic mass is 35.5. The molecule has 0 fully saturated rings. The van der Waals surface area contributed by atoms with Gasteiger partial charge in [0, 0.05) is 37.0 Å². The van der Waals surface area contributed by atoms with E-state index in [1.165, 1.54) is 43.6 Å². The van der Waals surface area contributed by atoms with Crippen LogP contribution in [0.5, 0.6) is 0 Å². The van der Waals surface area contributed by atoms with E-state index in [1.54, 1.807) is 18.2 Å². The number of alkyl halides is 2. The largest absolute Gasteiger partial charge is 0.348 e. The molecule has 2 amide bonds. The second-order valence-electron chi connectivity index (χ2n) is 6.76. The number of nitrogens with one attached hydrogen (secondary N) is 1. The van der Waals surface area contributed by atoms with Gasteiger partial charge in [-0.05, 0) is 30.3 Å². The van der Waals surface area contributed by atoms with Gasteiger partial charge in [-0.2, -0.15) is 4.39 Å². The molecule has 0 atom stereocenters. The van der Waals surface area contributed by atoms with Crippen LogP contribution in [0.3, 0.4) is 0 Å². The first-order valence-electron chi connectivity index (χ1n) is 9.46. The predicted octanol–water partition coefficient (Wildman–Crippen LogP) is 4.48. The molecule has 0 saturated heterocycles. The number of pyridine rings is 2. The van der Waals surface area contributed by atoms with Crippen LogP contribution in [0.25, 0.3) is 11.3 Å². The van der Waals surface area contributed by atoms with Gasteiger partial charge in [0.05, 0.1) is 28.5 Å². The van der Waals surface area contributed by atoms with Crippen LogP contribution in [-0.2, 0) is 11.3 Å². The Balaban J connectivity index is 1.72. The lowest BCUT2D eigenvalue weighted by atomic mass is 10.1. The Morgan fingerprint density at radius 2 is 1.94 bits per heavy atom. The first-order valence-corrected chi connectivity index (χ1v) is 9.84. The number of carbonyl (C=O) groups excluding carboxylic acids is 2. The number of benzene rings is 1.